The maximum atomic E-state index is 11.5. The van der Waals surface area contributed by atoms with E-state index in [1.807, 2.05) is 0 Å². The lowest BCUT2D eigenvalue weighted by atomic mass is 10.2. The van der Waals surface area contributed by atoms with Crippen LogP contribution in [0.5, 0.6) is 0 Å². The molecule has 1 aromatic rings. The number of halogens is 1. The van der Waals surface area contributed by atoms with E-state index >= 15 is 0 Å². The number of Topliss-reactive ketones (excluding diaryl/α,β-unsaturated/α-hetero) is 1. The van der Waals surface area contributed by atoms with Gasteiger partial charge in [0, 0.05) is 6.92 Å². The van der Waals surface area contributed by atoms with Gasteiger partial charge in [0.05, 0.1) is 10.7 Å². The van der Waals surface area contributed by atoms with Crippen LogP contribution in [-0.2, 0) is 9.59 Å². The van der Waals surface area contributed by atoms with Crippen LogP contribution < -0.4 is 5.32 Å². The molecule has 1 amide bonds. The first-order valence-corrected chi connectivity index (χ1v) is 4.73. The van der Waals surface area contributed by atoms with E-state index in [0.29, 0.717) is 10.7 Å². The molecule has 0 saturated carbocycles. The summed E-state index contributed by atoms with van der Waals surface area (Å²) in [6.45, 7) is 1.13. The van der Waals surface area contributed by atoms with Gasteiger partial charge in [0.25, 0.3) is 0 Å². The normalized spacial score (nSPS) is 9.12. The standard InChI is InChI=1S/C10H8ClN3O2/c1-6(15)9(14-12)10(16)13-8-5-3-2-4-7(8)11/h2-5H,1H3,(H,13,16). The van der Waals surface area contributed by atoms with E-state index in [2.05, 4.69) is 10.1 Å². The molecule has 0 aliphatic rings. The molecule has 82 valence electrons. The number of benzene rings is 1. The quantitative estimate of drug-likeness (QED) is 0.374. The number of nitrogens with one attached hydrogen (secondary N) is 1. The van der Waals surface area contributed by atoms with Crippen LogP contribution in [0.3, 0.4) is 0 Å². The van der Waals surface area contributed by atoms with Gasteiger partial charge >= 0.3 is 11.6 Å². The summed E-state index contributed by atoms with van der Waals surface area (Å²) in [4.78, 5) is 25.0. The number of anilines is 1. The highest BCUT2D eigenvalue weighted by Crippen LogP contribution is 2.20. The van der Waals surface area contributed by atoms with Crippen molar-refractivity contribution in [2.75, 3.05) is 5.32 Å². The first-order chi connectivity index (χ1) is 7.56. The van der Waals surface area contributed by atoms with Crippen molar-refractivity contribution in [2.24, 2.45) is 0 Å². The van der Waals surface area contributed by atoms with E-state index < -0.39 is 17.4 Å². The van der Waals surface area contributed by atoms with Crippen molar-refractivity contribution in [1.29, 1.82) is 0 Å². The van der Waals surface area contributed by atoms with Crippen LogP contribution in [-0.4, -0.2) is 22.2 Å². The molecule has 0 unspecified atom stereocenters. The number of hydrogen-bond donors (Lipinski definition) is 1. The monoisotopic (exact) mass is 237 g/mol. The van der Waals surface area contributed by atoms with Gasteiger partial charge in [0.15, 0.2) is 0 Å². The van der Waals surface area contributed by atoms with Crippen molar-refractivity contribution in [2.45, 2.75) is 6.92 Å². The summed E-state index contributed by atoms with van der Waals surface area (Å²) in [7, 11) is 0. The topological polar surface area (TPSA) is 82.6 Å². The molecule has 0 radical (unpaired) electrons. The highest BCUT2D eigenvalue weighted by Gasteiger charge is 2.25. The minimum atomic E-state index is -0.803. The molecule has 6 heteroatoms. The zero-order valence-corrected chi connectivity index (χ0v) is 9.15. The summed E-state index contributed by atoms with van der Waals surface area (Å²) >= 11 is 5.79. The van der Waals surface area contributed by atoms with Gasteiger partial charge in [-0.2, -0.15) is 4.79 Å². The molecule has 0 atom stereocenters. The first-order valence-electron chi connectivity index (χ1n) is 4.35. The molecule has 0 aromatic heterocycles. The molecule has 1 N–H and O–H groups in total. The third-order valence-corrected chi connectivity index (χ3v) is 2.10. The average Bonchev–Trinajstić information content (AvgIpc) is 2.22. The third-order valence-electron chi connectivity index (χ3n) is 1.77. The number of rotatable bonds is 3. The van der Waals surface area contributed by atoms with E-state index in [-0.39, 0.29) is 0 Å². The fraction of sp³-hybridized carbons (Fsp3) is 0.100. The second-order valence-electron chi connectivity index (χ2n) is 2.94. The van der Waals surface area contributed by atoms with E-state index in [1.165, 1.54) is 0 Å². The molecule has 0 aliphatic carbocycles. The second kappa shape index (κ2) is 5.21. The second-order valence-corrected chi connectivity index (χ2v) is 3.35. The molecule has 0 fully saturated rings. The molecular formula is C10H8ClN3O2. The fourth-order valence-corrected chi connectivity index (χ4v) is 1.20. The summed E-state index contributed by atoms with van der Waals surface area (Å²) in [6, 6.07) is 6.52. The SMILES string of the molecule is CC(=O)C(=[N+]=[N-])C(=O)Nc1ccccc1Cl. The van der Waals surface area contributed by atoms with Crippen molar-refractivity contribution in [1.82, 2.24) is 0 Å². The largest absolute Gasteiger partial charge is 0.421 e. The van der Waals surface area contributed by atoms with Gasteiger partial charge in [-0.1, -0.05) is 23.7 Å². The number of nitrogens with zero attached hydrogens (tertiary/aromatic N) is 2. The molecule has 0 bridgehead atoms. The summed E-state index contributed by atoms with van der Waals surface area (Å²) < 4.78 is 0. The predicted molar refractivity (Wildman–Crippen MR) is 59.4 cm³/mol. The molecule has 0 saturated heterocycles. The van der Waals surface area contributed by atoms with E-state index in [0.717, 1.165) is 6.92 Å². The van der Waals surface area contributed by atoms with Crippen LogP contribution in [0.2, 0.25) is 5.02 Å². The maximum absolute atomic E-state index is 11.5. The number of carbonyl (C=O) groups excluding carboxylic acids is 2. The van der Waals surface area contributed by atoms with Crippen molar-refractivity contribution in [3.63, 3.8) is 0 Å². The maximum Gasteiger partial charge on any atom is 0.421 e. The Bertz CT molecular complexity index is 493. The smallest absolute Gasteiger partial charge is 0.360 e. The summed E-state index contributed by atoms with van der Waals surface area (Å²) in [5.74, 6) is -1.44. The Kier molecular flexibility index (Phi) is 3.94. The summed E-state index contributed by atoms with van der Waals surface area (Å²) in [5.41, 5.74) is 8.26. The first kappa shape index (κ1) is 12.1. The van der Waals surface area contributed by atoms with Crippen molar-refractivity contribution in [3.05, 3.63) is 34.8 Å². The molecule has 1 aromatic carbocycles. The van der Waals surface area contributed by atoms with Gasteiger partial charge in [-0.15, -0.1) is 0 Å². The predicted octanol–water partition coefficient (Wildman–Crippen LogP) is 1.54. The highest BCUT2D eigenvalue weighted by atomic mass is 35.5. The fourth-order valence-electron chi connectivity index (χ4n) is 1.02. The zero-order chi connectivity index (χ0) is 12.1. The number of ketones is 1. The van der Waals surface area contributed by atoms with E-state index in [1.54, 1.807) is 24.3 Å². The van der Waals surface area contributed by atoms with Gasteiger partial charge in [-0.3, -0.25) is 9.59 Å². The minimum Gasteiger partial charge on any atom is -0.360 e. The van der Waals surface area contributed by atoms with E-state index in [9.17, 15) is 9.59 Å². The Balaban J connectivity index is 2.92. The Morgan fingerprint density at radius 1 is 1.38 bits per heavy atom. The average molecular weight is 238 g/mol. The van der Waals surface area contributed by atoms with Crippen LogP contribution in [0, 0.1) is 0 Å². The molecule has 16 heavy (non-hydrogen) atoms. The van der Waals surface area contributed by atoms with Crippen LogP contribution in [0.15, 0.2) is 24.3 Å². The van der Waals surface area contributed by atoms with Crippen LogP contribution in [0.25, 0.3) is 5.53 Å². The number of hydrogen-bond acceptors (Lipinski definition) is 2. The molecule has 1 rings (SSSR count). The third kappa shape index (κ3) is 2.76. The van der Waals surface area contributed by atoms with Gasteiger partial charge in [-0.05, 0) is 12.1 Å². The Morgan fingerprint density at radius 2 is 2.00 bits per heavy atom. The van der Waals surface area contributed by atoms with Gasteiger partial charge < -0.3 is 10.8 Å². The lowest BCUT2D eigenvalue weighted by Gasteiger charge is -2.02. The molecule has 0 aliphatic heterocycles. The lowest BCUT2D eigenvalue weighted by molar-refractivity contribution is -0.121. The number of para-hydroxylation sites is 1. The van der Waals surface area contributed by atoms with Gasteiger partial charge in [0.1, 0.15) is 0 Å². The lowest BCUT2D eigenvalue weighted by Crippen LogP contribution is -2.29. The van der Waals surface area contributed by atoms with Crippen LogP contribution >= 0.6 is 11.6 Å². The van der Waals surface area contributed by atoms with E-state index in [4.69, 9.17) is 17.1 Å². The molecule has 0 heterocycles. The van der Waals surface area contributed by atoms with Crippen molar-refractivity contribution in [3.8, 4) is 0 Å². The van der Waals surface area contributed by atoms with Crippen molar-refractivity contribution >= 4 is 34.7 Å². The Labute approximate surface area is 96.6 Å². The molecule has 0 spiro atoms. The summed E-state index contributed by atoms with van der Waals surface area (Å²) in [5, 5.41) is 2.69. The Morgan fingerprint density at radius 3 is 2.50 bits per heavy atom. The van der Waals surface area contributed by atoms with Crippen LogP contribution in [0.4, 0.5) is 5.69 Å². The van der Waals surface area contributed by atoms with Crippen molar-refractivity contribution < 1.29 is 14.4 Å². The number of carbonyl (C=O) groups is 2. The molecular weight excluding hydrogens is 230 g/mol. The summed E-state index contributed by atoms with van der Waals surface area (Å²) in [6.07, 6.45) is 0. The minimum absolute atomic E-state index is 0.330. The highest BCUT2D eigenvalue weighted by molar-refractivity contribution is 6.65. The van der Waals surface area contributed by atoms with Crippen LogP contribution in [0.1, 0.15) is 6.92 Å². The zero-order valence-electron chi connectivity index (χ0n) is 8.40. The molecule has 5 nitrogen and oxygen atoms in total. The van der Waals surface area contributed by atoms with Gasteiger partial charge in [0.2, 0.25) is 5.78 Å². The Hall–Kier alpha value is -1.97. The number of amides is 1. The van der Waals surface area contributed by atoms with Gasteiger partial charge in [-0.25, -0.2) is 0 Å².